The highest BCUT2D eigenvalue weighted by Gasteiger charge is 2.23. The van der Waals surface area contributed by atoms with Gasteiger partial charge in [-0.3, -0.25) is 0 Å². The van der Waals surface area contributed by atoms with E-state index in [1.54, 1.807) is 6.92 Å². The highest BCUT2D eigenvalue weighted by Crippen LogP contribution is 2.33. The molecule has 1 aliphatic carbocycles. The second-order valence-electron chi connectivity index (χ2n) is 4.67. The number of ether oxygens (including phenoxy) is 1. The van der Waals surface area contributed by atoms with E-state index in [-0.39, 0.29) is 5.69 Å². The van der Waals surface area contributed by atoms with Crippen molar-refractivity contribution in [3.05, 3.63) is 12.0 Å². The van der Waals surface area contributed by atoms with Crippen LogP contribution in [0.2, 0.25) is 0 Å². The van der Waals surface area contributed by atoms with Gasteiger partial charge in [0.05, 0.1) is 12.6 Å². The number of nitrogens with zero attached hydrogens (tertiary/aromatic N) is 5. The minimum absolute atomic E-state index is 0.152. The standard InChI is InChI=1S/C12H15N5O3S/c1-2-19-10(18)9-7-20-12(13-9)21-11-14-15-16-17(11)8-5-3-4-6-8/h7-8H,2-6H2,1H3. The lowest BCUT2D eigenvalue weighted by molar-refractivity contribution is 0.0519. The largest absolute Gasteiger partial charge is 0.461 e. The quantitative estimate of drug-likeness (QED) is 0.775. The van der Waals surface area contributed by atoms with Crippen LogP contribution < -0.4 is 0 Å². The Labute approximate surface area is 125 Å². The van der Waals surface area contributed by atoms with Gasteiger partial charge in [0, 0.05) is 11.8 Å². The van der Waals surface area contributed by atoms with Gasteiger partial charge < -0.3 is 9.15 Å². The van der Waals surface area contributed by atoms with Crippen LogP contribution in [0, 0.1) is 0 Å². The number of rotatable bonds is 5. The molecule has 0 bridgehead atoms. The molecule has 0 amide bonds. The first-order valence-corrected chi connectivity index (χ1v) is 7.68. The smallest absolute Gasteiger partial charge is 0.360 e. The molecule has 1 fully saturated rings. The third-order valence-corrected chi connectivity index (χ3v) is 4.09. The Morgan fingerprint density at radius 2 is 2.33 bits per heavy atom. The van der Waals surface area contributed by atoms with Crippen molar-refractivity contribution in [1.82, 2.24) is 25.2 Å². The van der Waals surface area contributed by atoms with Crippen LogP contribution in [0.15, 0.2) is 21.1 Å². The molecule has 2 aromatic heterocycles. The molecule has 0 unspecified atom stereocenters. The highest BCUT2D eigenvalue weighted by molar-refractivity contribution is 7.98. The fraction of sp³-hybridized carbons (Fsp3) is 0.583. The SMILES string of the molecule is CCOC(=O)c1coc(Sc2nnnn2C2CCCC2)n1. The van der Waals surface area contributed by atoms with Crippen LogP contribution in [0.25, 0.3) is 0 Å². The van der Waals surface area contributed by atoms with Crippen LogP contribution in [0.5, 0.6) is 0 Å². The van der Waals surface area contributed by atoms with E-state index >= 15 is 0 Å². The van der Waals surface area contributed by atoms with Gasteiger partial charge >= 0.3 is 5.97 Å². The van der Waals surface area contributed by atoms with Gasteiger partial charge in [0.1, 0.15) is 6.26 Å². The second-order valence-corrected chi connectivity index (χ2v) is 5.58. The number of hydrogen-bond donors (Lipinski definition) is 0. The molecule has 9 heteroatoms. The molecule has 8 nitrogen and oxygen atoms in total. The normalized spacial score (nSPS) is 15.5. The van der Waals surface area contributed by atoms with E-state index in [1.807, 2.05) is 4.68 Å². The Kier molecular flexibility index (Phi) is 4.18. The summed E-state index contributed by atoms with van der Waals surface area (Å²) in [5, 5.41) is 12.7. The van der Waals surface area contributed by atoms with Gasteiger partial charge in [0.15, 0.2) is 5.69 Å². The monoisotopic (exact) mass is 309 g/mol. The van der Waals surface area contributed by atoms with Crippen LogP contribution in [-0.4, -0.2) is 37.8 Å². The molecule has 0 radical (unpaired) electrons. The maximum atomic E-state index is 11.5. The maximum Gasteiger partial charge on any atom is 0.360 e. The summed E-state index contributed by atoms with van der Waals surface area (Å²) < 4.78 is 11.9. The van der Waals surface area contributed by atoms with Gasteiger partial charge in [-0.25, -0.2) is 9.48 Å². The third kappa shape index (κ3) is 3.07. The second kappa shape index (κ2) is 6.25. The molecular weight excluding hydrogens is 294 g/mol. The van der Waals surface area contributed by atoms with E-state index < -0.39 is 5.97 Å². The van der Waals surface area contributed by atoms with Gasteiger partial charge in [-0.1, -0.05) is 12.8 Å². The van der Waals surface area contributed by atoms with Crippen LogP contribution in [0.3, 0.4) is 0 Å². The molecule has 2 aromatic rings. The van der Waals surface area contributed by atoms with Gasteiger partial charge in [-0.15, -0.1) is 5.10 Å². The molecule has 1 saturated carbocycles. The lowest BCUT2D eigenvalue weighted by atomic mass is 10.3. The summed E-state index contributed by atoms with van der Waals surface area (Å²) >= 11 is 1.21. The van der Waals surface area contributed by atoms with Crippen molar-refractivity contribution >= 4 is 17.7 Å². The first-order chi connectivity index (χ1) is 10.3. The fourth-order valence-corrected chi connectivity index (χ4v) is 3.06. The Bertz CT molecular complexity index is 620. The molecule has 0 aromatic carbocycles. The zero-order valence-corrected chi connectivity index (χ0v) is 12.4. The van der Waals surface area contributed by atoms with Crippen LogP contribution in [0.1, 0.15) is 49.1 Å². The van der Waals surface area contributed by atoms with Gasteiger partial charge in [0.2, 0.25) is 5.16 Å². The summed E-state index contributed by atoms with van der Waals surface area (Å²) in [6.45, 7) is 2.04. The van der Waals surface area contributed by atoms with Crippen molar-refractivity contribution in [3.8, 4) is 0 Å². The number of oxazole rings is 1. The van der Waals surface area contributed by atoms with Crippen LogP contribution in [-0.2, 0) is 4.74 Å². The number of tetrazole rings is 1. The number of aromatic nitrogens is 5. The summed E-state index contributed by atoms with van der Waals surface area (Å²) in [4.78, 5) is 15.6. The Morgan fingerprint density at radius 1 is 1.52 bits per heavy atom. The molecule has 21 heavy (non-hydrogen) atoms. The van der Waals surface area contributed by atoms with E-state index in [1.165, 1.54) is 30.9 Å². The summed E-state index contributed by atoms with van der Waals surface area (Å²) in [5.41, 5.74) is 0.152. The number of esters is 1. The predicted octanol–water partition coefficient (Wildman–Crippen LogP) is 2.10. The molecule has 0 N–H and O–H groups in total. The molecule has 3 rings (SSSR count). The number of carbonyl (C=O) groups is 1. The van der Waals surface area contributed by atoms with Crippen molar-refractivity contribution < 1.29 is 13.9 Å². The minimum atomic E-state index is -0.497. The Morgan fingerprint density at radius 3 is 3.10 bits per heavy atom. The molecule has 1 aliphatic rings. The Hall–Kier alpha value is -1.90. The Balaban J connectivity index is 1.72. The summed E-state index contributed by atoms with van der Waals surface area (Å²) in [6, 6.07) is 0.335. The zero-order chi connectivity index (χ0) is 14.7. The topological polar surface area (TPSA) is 95.9 Å². The molecule has 2 heterocycles. The lowest BCUT2D eigenvalue weighted by Gasteiger charge is -2.09. The van der Waals surface area contributed by atoms with E-state index in [4.69, 9.17) is 9.15 Å². The lowest BCUT2D eigenvalue weighted by Crippen LogP contribution is -2.08. The van der Waals surface area contributed by atoms with Gasteiger partial charge in [-0.05, 0) is 30.2 Å². The van der Waals surface area contributed by atoms with Crippen molar-refractivity contribution in [2.75, 3.05) is 6.61 Å². The fourth-order valence-electron chi connectivity index (χ4n) is 2.31. The predicted molar refractivity (Wildman–Crippen MR) is 71.9 cm³/mol. The minimum Gasteiger partial charge on any atom is -0.461 e. The zero-order valence-electron chi connectivity index (χ0n) is 11.6. The number of carbonyl (C=O) groups excluding carboxylic acids is 1. The molecule has 112 valence electrons. The third-order valence-electron chi connectivity index (χ3n) is 3.28. The first kappa shape index (κ1) is 14.1. The summed E-state index contributed by atoms with van der Waals surface area (Å²) in [7, 11) is 0. The van der Waals surface area contributed by atoms with Crippen molar-refractivity contribution in [2.24, 2.45) is 0 Å². The average molecular weight is 309 g/mol. The van der Waals surface area contributed by atoms with E-state index in [0.29, 0.717) is 23.0 Å². The number of hydrogen-bond acceptors (Lipinski definition) is 8. The van der Waals surface area contributed by atoms with Gasteiger partial charge in [-0.2, -0.15) is 4.98 Å². The average Bonchev–Trinajstić information content (AvgIpc) is 3.20. The molecule has 0 atom stereocenters. The molecule has 0 saturated heterocycles. The highest BCUT2D eigenvalue weighted by atomic mass is 32.2. The van der Waals surface area contributed by atoms with Gasteiger partial charge in [0.25, 0.3) is 5.22 Å². The molecule has 0 aliphatic heterocycles. The van der Waals surface area contributed by atoms with E-state index in [0.717, 1.165) is 12.8 Å². The van der Waals surface area contributed by atoms with Crippen molar-refractivity contribution in [2.45, 2.75) is 49.0 Å². The molecular formula is C12H15N5O3S. The maximum absolute atomic E-state index is 11.5. The van der Waals surface area contributed by atoms with E-state index in [9.17, 15) is 4.79 Å². The van der Waals surface area contributed by atoms with Crippen LogP contribution in [0.4, 0.5) is 0 Å². The first-order valence-electron chi connectivity index (χ1n) is 6.86. The molecule has 0 spiro atoms. The van der Waals surface area contributed by atoms with Crippen molar-refractivity contribution in [1.29, 1.82) is 0 Å². The van der Waals surface area contributed by atoms with E-state index in [2.05, 4.69) is 20.5 Å². The summed E-state index contributed by atoms with van der Waals surface area (Å²) in [5.74, 6) is -0.497. The summed E-state index contributed by atoms with van der Waals surface area (Å²) in [6.07, 6.45) is 5.84. The van der Waals surface area contributed by atoms with Crippen LogP contribution >= 0.6 is 11.8 Å². The van der Waals surface area contributed by atoms with Crippen molar-refractivity contribution in [3.63, 3.8) is 0 Å².